The SMILES string of the molecule is Cc1cccc(NC(=O)c2ccn3cncc3c2)c1. The zero-order chi connectivity index (χ0) is 13.2. The van der Waals surface area contributed by atoms with E-state index in [2.05, 4.69) is 10.3 Å². The fourth-order valence-corrected chi connectivity index (χ4v) is 1.99. The Morgan fingerprint density at radius 3 is 3.00 bits per heavy atom. The summed E-state index contributed by atoms with van der Waals surface area (Å²) in [6, 6.07) is 11.3. The molecule has 0 fully saturated rings. The summed E-state index contributed by atoms with van der Waals surface area (Å²) in [5, 5.41) is 2.89. The van der Waals surface area contributed by atoms with Gasteiger partial charge in [-0.05, 0) is 36.8 Å². The Labute approximate surface area is 110 Å². The first-order chi connectivity index (χ1) is 9.22. The molecule has 3 aromatic rings. The number of aromatic nitrogens is 2. The average molecular weight is 251 g/mol. The predicted molar refractivity (Wildman–Crippen MR) is 74.3 cm³/mol. The number of hydrogen-bond acceptors (Lipinski definition) is 2. The summed E-state index contributed by atoms with van der Waals surface area (Å²) >= 11 is 0. The van der Waals surface area contributed by atoms with Crippen molar-refractivity contribution in [1.82, 2.24) is 9.38 Å². The summed E-state index contributed by atoms with van der Waals surface area (Å²) < 4.78 is 1.86. The number of nitrogens with zero attached hydrogens (tertiary/aromatic N) is 2. The largest absolute Gasteiger partial charge is 0.322 e. The smallest absolute Gasteiger partial charge is 0.255 e. The van der Waals surface area contributed by atoms with E-state index < -0.39 is 0 Å². The first-order valence-electron chi connectivity index (χ1n) is 6.02. The molecule has 1 N–H and O–H groups in total. The van der Waals surface area contributed by atoms with Gasteiger partial charge in [-0.2, -0.15) is 0 Å². The van der Waals surface area contributed by atoms with Gasteiger partial charge in [-0.15, -0.1) is 0 Å². The van der Waals surface area contributed by atoms with Crippen molar-refractivity contribution in [3.05, 3.63) is 66.2 Å². The van der Waals surface area contributed by atoms with Crippen LogP contribution in [0.3, 0.4) is 0 Å². The normalized spacial score (nSPS) is 10.6. The number of aryl methyl sites for hydroxylation is 1. The number of rotatable bonds is 2. The fraction of sp³-hybridized carbons (Fsp3) is 0.0667. The standard InChI is InChI=1S/C15H13N3O/c1-11-3-2-4-13(7-11)17-15(19)12-5-6-18-10-16-9-14(18)8-12/h2-10H,1H3,(H,17,19). The maximum Gasteiger partial charge on any atom is 0.255 e. The predicted octanol–water partition coefficient (Wildman–Crippen LogP) is 2.90. The summed E-state index contributed by atoms with van der Waals surface area (Å²) in [7, 11) is 0. The van der Waals surface area contributed by atoms with Gasteiger partial charge in [0.2, 0.25) is 0 Å². The lowest BCUT2D eigenvalue weighted by molar-refractivity contribution is 0.102. The Morgan fingerprint density at radius 2 is 2.16 bits per heavy atom. The van der Waals surface area contributed by atoms with Gasteiger partial charge in [0.25, 0.3) is 5.91 Å². The van der Waals surface area contributed by atoms with Crippen LogP contribution in [-0.2, 0) is 0 Å². The summed E-state index contributed by atoms with van der Waals surface area (Å²) in [6.45, 7) is 1.99. The van der Waals surface area contributed by atoms with Crippen LogP contribution in [0.5, 0.6) is 0 Å². The zero-order valence-corrected chi connectivity index (χ0v) is 10.5. The van der Waals surface area contributed by atoms with Gasteiger partial charge in [0.05, 0.1) is 18.0 Å². The van der Waals surface area contributed by atoms with Crippen LogP contribution in [0.1, 0.15) is 15.9 Å². The number of nitrogens with one attached hydrogen (secondary N) is 1. The minimum absolute atomic E-state index is 0.116. The minimum atomic E-state index is -0.116. The van der Waals surface area contributed by atoms with E-state index in [1.807, 2.05) is 47.9 Å². The Morgan fingerprint density at radius 1 is 1.26 bits per heavy atom. The van der Waals surface area contributed by atoms with Crippen LogP contribution < -0.4 is 5.32 Å². The van der Waals surface area contributed by atoms with Crippen LogP contribution in [0.4, 0.5) is 5.69 Å². The Kier molecular flexibility index (Phi) is 2.76. The third-order valence-corrected chi connectivity index (χ3v) is 2.95. The van der Waals surface area contributed by atoms with Crippen LogP contribution in [0.2, 0.25) is 0 Å². The molecule has 4 nitrogen and oxygen atoms in total. The monoisotopic (exact) mass is 251 g/mol. The van der Waals surface area contributed by atoms with Crippen molar-refractivity contribution >= 4 is 17.1 Å². The molecular formula is C15H13N3O. The average Bonchev–Trinajstić information content (AvgIpc) is 2.85. The van der Waals surface area contributed by atoms with E-state index in [1.54, 1.807) is 18.6 Å². The molecule has 0 aliphatic heterocycles. The van der Waals surface area contributed by atoms with E-state index in [4.69, 9.17) is 0 Å². The zero-order valence-electron chi connectivity index (χ0n) is 10.5. The second-order valence-corrected chi connectivity index (χ2v) is 4.46. The van der Waals surface area contributed by atoms with E-state index in [-0.39, 0.29) is 5.91 Å². The molecule has 0 unspecified atom stereocenters. The van der Waals surface area contributed by atoms with Crippen LogP contribution in [0.25, 0.3) is 5.52 Å². The van der Waals surface area contributed by atoms with Gasteiger partial charge in [0.1, 0.15) is 0 Å². The van der Waals surface area contributed by atoms with Gasteiger partial charge in [0, 0.05) is 17.4 Å². The molecule has 0 saturated heterocycles. The number of fused-ring (bicyclic) bond motifs is 1. The highest BCUT2D eigenvalue weighted by molar-refractivity contribution is 6.04. The van der Waals surface area contributed by atoms with Gasteiger partial charge in [-0.1, -0.05) is 12.1 Å². The lowest BCUT2D eigenvalue weighted by Crippen LogP contribution is -2.12. The van der Waals surface area contributed by atoms with E-state index in [0.29, 0.717) is 5.56 Å². The molecule has 0 saturated carbocycles. The van der Waals surface area contributed by atoms with Crippen molar-refractivity contribution < 1.29 is 4.79 Å². The molecule has 1 amide bonds. The second kappa shape index (κ2) is 4.57. The first-order valence-corrected chi connectivity index (χ1v) is 6.02. The van der Waals surface area contributed by atoms with Crippen LogP contribution in [-0.4, -0.2) is 15.3 Å². The highest BCUT2D eigenvalue weighted by Crippen LogP contribution is 2.13. The van der Waals surface area contributed by atoms with Gasteiger partial charge in [-0.25, -0.2) is 4.98 Å². The molecule has 0 atom stereocenters. The molecule has 1 aromatic carbocycles. The van der Waals surface area contributed by atoms with E-state index in [0.717, 1.165) is 16.8 Å². The summed E-state index contributed by atoms with van der Waals surface area (Å²) in [4.78, 5) is 16.2. The Balaban J connectivity index is 1.87. The number of anilines is 1. The van der Waals surface area contributed by atoms with Gasteiger partial charge in [0.15, 0.2) is 0 Å². The lowest BCUT2D eigenvalue weighted by Gasteiger charge is -2.06. The quantitative estimate of drug-likeness (QED) is 0.761. The van der Waals surface area contributed by atoms with Gasteiger partial charge in [-0.3, -0.25) is 4.79 Å². The highest BCUT2D eigenvalue weighted by atomic mass is 16.1. The number of carbonyl (C=O) groups is 1. The summed E-state index contributed by atoms with van der Waals surface area (Å²) in [5.74, 6) is -0.116. The Hall–Kier alpha value is -2.62. The molecule has 3 rings (SSSR count). The number of carbonyl (C=O) groups excluding carboxylic acids is 1. The van der Waals surface area contributed by atoms with Crippen LogP contribution >= 0.6 is 0 Å². The van der Waals surface area contributed by atoms with E-state index in [9.17, 15) is 4.79 Å². The van der Waals surface area contributed by atoms with Gasteiger partial charge < -0.3 is 9.72 Å². The number of benzene rings is 1. The molecule has 19 heavy (non-hydrogen) atoms. The van der Waals surface area contributed by atoms with Crippen molar-refractivity contribution in [2.45, 2.75) is 6.92 Å². The Bertz CT molecular complexity index is 746. The van der Waals surface area contributed by atoms with Crippen molar-refractivity contribution in [3.63, 3.8) is 0 Å². The topological polar surface area (TPSA) is 46.4 Å². The van der Waals surface area contributed by atoms with Crippen molar-refractivity contribution in [2.24, 2.45) is 0 Å². The molecule has 0 radical (unpaired) electrons. The summed E-state index contributed by atoms with van der Waals surface area (Å²) in [5.41, 5.74) is 3.44. The van der Waals surface area contributed by atoms with Crippen LogP contribution in [0.15, 0.2) is 55.1 Å². The summed E-state index contributed by atoms with van der Waals surface area (Å²) in [6.07, 6.45) is 5.26. The number of amides is 1. The molecule has 4 heteroatoms. The van der Waals surface area contributed by atoms with Gasteiger partial charge >= 0.3 is 0 Å². The maximum absolute atomic E-state index is 12.2. The highest BCUT2D eigenvalue weighted by Gasteiger charge is 2.07. The van der Waals surface area contributed by atoms with Crippen molar-refractivity contribution in [2.75, 3.05) is 5.32 Å². The molecule has 0 spiro atoms. The second-order valence-electron chi connectivity index (χ2n) is 4.46. The third-order valence-electron chi connectivity index (χ3n) is 2.95. The number of pyridine rings is 1. The van der Waals surface area contributed by atoms with Crippen molar-refractivity contribution in [3.8, 4) is 0 Å². The lowest BCUT2D eigenvalue weighted by atomic mass is 10.2. The molecule has 2 aromatic heterocycles. The molecule has 0 bridgehead atoms. The molecular weight excluding hydrogens is 238 g/mol. The maximum atomic E-state index is 12.2. The van der Waals surface area contributed by atoms with Crippen LogP contribution in [0, 0.1) is 6.92 Å². The van der Waals surface area contributed by atoms with E-state index in [1.165, 1.54) is 0 Å². The molecule has 0 aliphatic rings. The molecule has 2 heterocycles. The number of imidazole rings is 1. The molecule has 0 aliphatic carbocycles. The van der Waals surface area contributed by atoms with Crippen molar-refractivity contribution in [1.29, 1.82) is 0 Å². The fourth-order valence-electron chi connectivity index (χ4n) is 1.99. The van der Waals surface area contributed by atoms with E-state index >= 15 is 0 Å². The number of hydrogen-bond donors (Lipinski definition) is 1. The molecule has 94 valence electrons. The third kappa shape index (κ3) is 2.33. The minimum Gasteiger partial charge on any atom is -0.322 e. The first kappa shape index (κ1) is 11.5.